The molecule has 1 aromatic heterocycles. The first-order valence-corrected chi connectivity index (χ1v) is 8.02. The van der Waals surface area contributed by atoms with Gasteiger partial charge in [-0.2, -0.15) is 0 Å². The molecule has 2 rings (SSSR count). The van der Waals surface area contributed by atoms with Crippen LogP contribution in [0.1, 0.15) is 39.3 Å². The second-order valence-corrected chi connectivity index (χ2v) is 6.15. The predicted octanol–water partition coefficient (Wildman–Crippen LogP) is 2.86. The molecule has 0 spiro atoms. The highest BCUT2D eigenvalue weighted by atomic mass is 16.2. The van der Waals surface area contributed by atoms with Crippen molar-refractivity contribution in [1.29, 1.82) is 0 Å². The number of hydrogen-bond acceptors (Lipinski definition) is 3. The van der Waals surface area contributed by atoms with Gasteiger partial charge < -0.3 is 9.80 Å². The van der Waals surface area contributed by atoms with Crippen molar-refractivity contribution >= 4 is 11.7 Å². The van der Waals surface area contributed by atoms with E-state index in [0.29, 0.717) is 5.91 Å². The van der Waals surface area contributed by atoms with Gasteiger partial charge in [-0.3, -0.25) is 4.79 Å². The predicted molar refractivity (Wildman–Crippen MR) is 86.4 cm³/mol. The first kappa shape index (κ1) is 15.8. The quantitative estimate of drug-likeness (QED) is 0.855. The lowest BCUT2D eigenvalue weighted by atomic mass is 10.0. The Hall–Kier alpha value is -1.58. The molecule has 1 aromatic rings. The Labute approximate surface area is 128 Å². The second-order valence-electron chi connectivity index (χ2n) is 6.15. The molecule has 2 atom stereocenters. The van der Waals surface area contributed by atoms with Crippen molar-refractivity contribution in [2.24, 2.45) is 5.92 Å². The molecule has 0 bridgehead atoms. The van der Waals surface area contributed by atoms with E-state index in [2.05, 4.69) is 29.8 Å². The Balaban J connectivity index is 2.00. The Morgan fingerprint density at radius 2 is 2.19 bits per heavy atom. The first-order chi connectivity index (χ1) is 10.0. The van der Waals surface area contributed by atoms with E-state index in [9.17, 15) is 4.79 Å². The summed E-state index contributed by atoms with van der Waals surface area (Å²) < 4.78 is 0. The lowest BCUT2D eigenvalue weighted by Crippen LogP contribution is -2.55. The normalized spacial score (nSPS) is 20.5. The largest absolute Gasteiger partial charge is 0.353 e. The van der Waals surface area contributed by atoms with Crippen molar-refractivity contribution in [3.8, 4) is 0 Å². The first-order valence-electron chi connectivity index (χ1n) is 8.02. The maximum atomic E-state index is 12.5. The summed E-state index contributed by atoms with van der Waals surface area (Å²) in [6.07, 6.45) is 2.04. The van der Waals surface area contributed by atoms with E-state index in [1.807, 2.05) is 30.9 Å². The van der Waals surface area contributed by atoms with E-state index >= 15 is 0 Å². The molecule has 4 heteroatoms. The van der Waals surface area contributed by atoms with Gasteiger partial charge in [-0.15, -0.1) is 0 Å². The van der Waals surface area contributed by atoms with Crippen LogP contribution >= 0.6 is 0 Å². The van der Waals surface area contributed by atoms with Gasteiger partial charge in [0.05, 0.1) is 0 Å². The average Bonchev–Trinajstić information content (AvgIpc) is 2.46. The Morgan fingerprint density at radius 1 is 1.43 bits per heavy atom. The number of aromatic nitrogens is 1. The Kier molecular flexibility index (Phi) is 5.21. The third-order valence-electron chi connectivity index (χ3n) is 4.25. The van der Waals surface area contributed by atoms with Crippen molar-refractivity contribution < 1.29 is 4.79 Å². The summed E-state index contributed by atoms with van der Waals surface area (Å²) in [4.78, 5) is 21.4. The van der Waals surface area contributed by atoms with E-state index < -0.39 is 0 Å². The summed E-state index contributed by atoms with van der Waals surface area (Å²) in [5.41, 5.74) is 1.04. The van der Waals surface area contributed by atoms with Gasteiger partial charge in [-0.1, -0.05) is 26.3 Å². The third-order valence-corrected chi connectivity index (χ3v) is 4.25. The standard InChI is InChI=1S/C17H27N3O/c1-5-7-13(2)17(21)20-11-10-19(12-15(20)4)16-9-6-8-14(3)18-16/h6,8-9,13,15H,5,7,10-12H2,1-4H3. The van der Waals surface area contributed by atoms with Crippen molar-refractivity contribution in [3.63, 3.8) is 0 Å². The van der Waals surface area contributed by atoms with Crippen molar-refractivity contribution in [1.82, 2.24) is 9.88 Å². The van der Waals surface area contributed by atoms with Crippen molar-refractivity contribution in [3.05, 3.63) is 23.9 Å². The molecule has 0 saturated carbocycles. The van der Waals surface area contributed by atoms with E-state index in [4.69, 9.17) is 0 Å². The Bertz CT molecular complexity index is 489. The summed E-state index contributed by atoms with van der Waals surface area (Å²) in [6, 6.07) is 6.35. The van der Waals surface area contributed by atoms with Crippen LogP contribution < -0.4 is 4.90 Å². The van der Waals surface area contributed by atoms with Crippen LogP contribution in [0.5, 0.6) is 0 Å². The lowest BCUT2D eigenvalue weighted by Gasteiger charge is -2.41. The minimum absolute atomic E-state index is 0.140. The Morgan fingerprint density at radius 3 is 2.81 bits per heavy atom. The number of aryl methyl sites for hydroxylation is 1. The van der Waals surface area contributed by atoms with E-state index in [1.54, 1.807) is 0 Å². The molecule has 116 valence electrons. The lowest BCUT2D eigenvalue weighted by molar-refractivity contribution is -0.137. The minimum atomic E-state index is 0.140. The zero-order valence-electron chi connectivity index (χ0n) is 13.7. The molecule has 1 aliphatic rings. The fourth-order valence-corrected chi connectivity index (χ4v) is 3.04. The van der Waals surface area contributed by atoms with Crippen LogP contribution in [0.4, 0.5) is 5.82 Å². The molecule has 0 N–H and O–H groups in total. The number of piperazine rings is 1. The molecular formula is C17H27N3O. The number of carbonyl (C=O) groups excluding carboxylic acids is 1. The van der Waals surface area contributed by atoms with Gasteiger partial charge in [-0.25, -0.2) is 4.98 Å². The zero-order chi connectivity index (χ0) is 15.4. The number of carbonyl (C=O) groups is 1. The molecule has 2 heterocycles. The van der Waals surface area contributed by atoms with E-state index in [-0.39, 0.29) is 12.0 Å². The maximum Gasteiger partial charge on any atom is 0.225 e. The molecule has 2 unspecified atom stereocenters. The fraction of sp³-hybridized carbons (Fsp3) is 0.647. The summed E-state index contributed by atoms with van der Waals surface area (Å²) in [6.45, 7) is 10.9. The number of nitrogens with zero attached hydrogens (tertiary/aromatic N) is 3. The monoisotopic (exact) mass is 289 g/mol. The van der Waals surface area contributed by atoms with Gasteiger partial charge in [0.15, 0.2) is 0 Å². The molecule has 4 nitrogen and oxygen atoms in total. The van der Waals surface area contributed by atoms with E-state index in [1.165, 1.54) is 0 Å². The molecule has 1 saturated heterocycles. The summed E-state index contributed by atoms with van der Waals surface area (Å²) in [5, 5.41) is 0. The fourth-order valence-electron chi connectivity index (χ4n) is 3.04. The molecule has 0 aromatic carbocycles. The van der Waals surface area contributed by atoms with Crippen LogP contribution in [0.15, 0.2) is 18.2 Å². The maximum absolute atomic E-state index is 12.5. The van der Waals surface area contributed by atoms with Crippen molar-refractivity contribution in [2.75, 3.05) is 24.5 Å². The van der Waals surface area contributed by atoms with Crippen LogP contribution in [-0.4, -0.2) is 41.5 Å². The number of anilines is 1. The summed E-state index contributed by atoms with van der Waals surface area (Å²) in [5.74, 6) is 1.47. The third kappa shape index (κ3) is 3.74. The van der Waals surface area contributed by atoms with Crippen molar-refractivity contribution in [2.45, 2.75) is 46.6 Å². The van der Waals surface area contributed by atoms with Crippen LogP contribution in [0.25, 0.3) is 0 Å². The highest BCUT2D eigenvalue weighted by Gasteiger charge is 2.30. The van der Waals surface area contributed by atoms with Gasteiger partial charge in [-0.05, 0) is 32.4 Å². The average molecular weight is 289 g/mol. The summed E-state index contributed by atoms with van der Waals surface area (Å²) >= 11 is 0. The minimum Gasteiger partial charge on any atom is -0.353 e. The second kappa shape index (κ2) is 6.92. The molecule has 1 amide bonds. The van der Waals surface area contributed by atoms with Crippen LogP contribution in [-0.2, 0) is 4.79 Å². The smallest absolute Gasteiger partial charge is 0.225 e. The highest BCUT2D eigenvalue weighted by molar-refractivity contribution is 5.79. The zero-order valence-corrected chi connectivity index (χ0v) is 13.7. The summed E-state index contributed by atoms with van der Waals surface area (Å²) in [7, 11) is 0. The van der Waals surface area contributed by atoms with Gasteiger partial charge in [0.1, 0.15) is 5.82 Å². The van der Waals surface area contributed by atoms with Crippen LogP contribution in [0.2, 0.25) is 0 Å². The molecule has 1 aliphatic heterocycles. The molecular weight excluding hydrogens is 262 g/mol. The molecule has 21 heavy (non-hydrogen) atoms. The molecule has 0 aliphatic carbocycles. The number of rotatable bonds is 4. The number of pyridine rings is 1. The molecule has 1 fully saturated rings. The molecule has 0 radical (unpaired) electrons. The SMILES string of the molecule is CCCC(C)C(=O)N1CCN(c2cccc(C)n2)CC1C. The van der Waals surface area contributed by atoms with Gasteiger partial charge >= 0.3 is 0 Å². The number of hydrogen-bond donors (Lipinski definition) is 0. The van der Waals surface area contributed by atoms with Gasteiger partial charge in [0, 0.05) is 37.3 Å². The van der Waals surface area contributed by atoms with Crippen LogP contribution in [0.3, 0.4) is 0 Å². The van der Waals surface area contributed by atoms with E-state index in [0.717, 1.165) is 44.0 Å². The van der Waals surface area contributed by atoms with Gasteiger partial charge in [0.2, 0.25) is 5.91 Å². The highest BCUT2D eigenvalue weighted by Crippen LogP contribution is 2.20. The topological polar surface area (TPSA) is 36.4 Å². The number of amides is 1. The van der Waals surface area contributed by atoms with Crippen LogP contribution in [0, 0.1) is 12.8 Å². The van der Waals surface area contributed by atoms with Gasteiger partial charge in [0.25, 0.3) is 0 Å².